The molecule has 4 rings (SSSR count). The van der Waals surface area contributed by atoms with E-state index >= 15 is 0 Å². The topological polar surface area (TPSA) is 35.6 Å². The van der Waals surface area contributed by atoms with Crippen LogP contribution >= 0.6 is 12.2 Å². The summed E-state index contributed by atoms with van der Waals surface area (Å²) in [7, 11) is 0. The minimum absolute atomic E-state index is 0.0309. The van der Waals surface area contributed by atoms with Crippen LogP contribution in [0.1, 0.15) is 17.2 Å². The molecule has 1 fully saturated rings. The molecule has 0 bridgehead atoms. The van der Waals surface area contributed by atoms with Gasteiger partial charge in [0.15, 0.2) is 5.11 Å². The molecule has 0 aromatic heterocycles. The zero-order valence-corrected chi connectivity index (χ0v) is 14.4. The molecule has 0 radical (unpaired) electrons. The number of amides is 1. The number of carbonyl (C=O) groups excluding carboxylic acids is 1. The van der Waals surface area contributed by atoms with Gasteiger partial charge in [0.1, 0.15) is 5.82 Å². The Morgan fingerprint density at radius 3 is 2.80 bits per heavy atom. The third kappa shape index (κ3) is 3.09. The highest BCUT2D eigenvalue weighted by Gasteiger charge is 2.37. The predicted molar refractivity (Wildman–Crippen MR) is 98.8 cm³/mol. The molecule has 0 aliphatic carbocycles. The van der Waals surface area contributed by atoms with Crippen molar-refractivity contribution in [2.75, 3.05) is 25.0 Å². The van der Waals surface area contributed by atoms with E-state index in [-0.39, 0.29) is 24.3 Å². The van der Waals surface area contributed by atoms with E-state index in [1.54, 1.807) is 6.07 Å². The van der Waals surface area contributed by atoms with Crippen LogP contribution in [-0.2, 0) is 11.2 Å². The Labute approximate surface area is 151 Å². The molecule has 1 atom stereocenters. The van der Waals surface area contributed by atoms with Gasteiger partial charge in [-0.1, -0.05) is 24.3 Å². The van der Waals surface area contributed by atoms with Crippen molar-refractivity contribution >= 4 is 28.9 Å². The first-order chi connectivity index (χ1) is 12.1. The van der Waals surface area contributed by atoms with Crippen LogP contribution in [0.5, 0.6) is 0 Å². The van der Waals surface area contributed by atoms with Crippen molar-refractivity contribution in [3.05, 3.63) is 65.5 Å². The molecule has 2 heterocycles. The fourth-order valence-electron chi connectivity index (χ4n) is 3.57. The summed E-state index contributed by atoms with van der Waals surface area (Å²) in [6.07, 6.45) is 0.768. The van der Waals surface area contributed by atoms with Crippen LogP contribution in [0.2, 0.25) is 0 Å². The fraction of sp³-hybridized carbons (Fsp3) is 0.263. The van der Waals surface area contributed by atoms with Gasteiger partial charge in [-0.15, -0.1) is 0 Å². The molecule has 2 aromatic rings. The lowest BCUT2D eigenvalue weighted by atomic mass is 9.90. The Morgan fingerprint density at radius 2 is 2.00 bits per heavy atom. The normalized spacial score (nSPS) is 19.2. The van der Waals surface area contributed by atoms with Gasteiger partial charge < -0.3 is 15.1 Å². The average molecular weight is 355 g/mol. The molecular weight excluding hydrogens is 337 g/mol. The van der Waals surface area contributed by atoms with Gasteiger partial charge in [-0.3, -0.25) is 4.79 Å². The molecule has 1 saturated heterocycles. The highest BCUT2D eigenvalue weighted by Crippen LogP contribution is 2.33. The Bertz CT molecular complexity index is 827. The van der Waals surface area contributed by atoms with Gasteiger partial charge in [-0.25, -0.2) is 4.39 Å². The second-order valence-corrected chi connectivity index (χ2v) is 6.76. The van der Waals surface area contributed by atoms with Crippen LogP contribution in [0.25, 0.3) is 0 Å². The lowest BCUT2D eigenvalue weighted by Gasteiger charge is -2.45. The van der Waals surface area contributed by atoms with Crippen molar-refractivity contribution in [3.8, 4) is 0 Å². The Kier molecular flexibility index (Phi) is 4.13. The van der Waals surface area contributed by atoms with E-state index in [0.717, 1.165) is 23.2 Å². The SMILES string of the molecule is O=C1CN(C(=S)Nc2ccccc2)C[C@@H]2c3cc(F)ccc3CCN12. The highest BCUT2D eigenvalue weighted by molar-refractivity contribution is 7.80. The summed E-state index contributed by atoms with van der Waals surface area (Å²) in [6, 6.07) is 14.3. The van der Waals surface area contributed by atoms with Crippen molar-refractivity contribution in [2.24, 2.45) is 0 Å². The number of rotatable bonds is 1. The molecule has 25 heavy (non-hydrogen) atoms. The maximum absolute atomic E-state index is 13.7. The Hall–Kier alpha value is -2.47. The first-order valence-electron chi connectivity index (χ1n) is 8.30. The quantitative estimate of drug-likeness (QED) is 0.798. The van der Waals surface area contributed by atoms with Crippen molar-refractivity contribution in [1.82, 2.24) is 9.80 Å². The number of benzene rings is 2. The lowest BCUT2D eigenvalue weighted by molar-refractivity contribution is -0.138. The summed E-state index contributed by atoms with van der Waals surface area (Å²) in [5, 5.41) is 3.69. The van der Waals surface area contributed by atoms with Crippen molar-refractivity contribution in [2.45, 2.75) is 12.5 Å². The molecule has 128 valence electrons. The number of hydrogen-bond acceptors (Lipinski definition) is 2. The van der Waals surface area contributed by atoms with Gasteiger partial charge in [-0.2, -0.15) is 0 Å². The van der Waals surface area contributed by atoms with Crippen LogP contribution in [0.15, 0.2) is 48.5 Å². The maximum atomic E-state index is 13.7. The van der Waals surface area contributed by atoms with E-state index in [1.807, 2.05) is 46.2 Å². The van der Waals surface area contributed by atoms with Crippen LogP contribution in [-0.4, -0.2) is 40.5 Å². The number of thiocarbonyl (C=S) groups is 1. The summed E-state index contributed by atoms with van der Waals surface area (Å²) in [5.74, 6) is -0.237. The van der Waals surface area contributed by atoms with Crippen molar-refractivity contribution < 1.29 is 9.18 Å². The number of carbonyl (C=O) groups is 1. The first-order valence-corrected chi connectivity index (χ1v) is 8.71. The summed E-state index contributed by atoms with van der Waals surface area (Å²) < 4.78 is 13.7. The van der Waals surface area contributed by atoms with Gasteiger partial charge in [0, 0.05) is 18.8 Å². The molecule has 1 amide bonds. The minimum atomic E-state index is -0.268. The first kappa shape index (κ1) is 16.0. The number of anilines is 1. The number of nitrogens with one attached hydrogen (secondary N) is 1. The summed E-state index contributed by atoms with van der Waals surface area (Å²) >= 11 is 5.50. The van der Waals surface area contributed by atoms with Crippen molar-refractivity contribution in [3.63, 3.8) is 0 Å². The third-order valence-corrected chi connectivity index (χ3v) is 5.18. The van der Waals surface area contributed by atoms with Gasteiger partial charge in [0.05, 0.1) is 12.6 Å². The zero-order chi connectivity index (χ0) is 17.4. The monoisotopic (exact) mass is 355 g/mol. The Morgan fingerprint density at radius 1 is 1.20 bits per heavy atom. The van der Waals surface area contributed by atoms with Gasteiger partial charge in [-0.05, 0) is 54.0 Å². The largest absolute Gasteiger partial charge is 0.337 e. The number of fused-ring (bicyclic) bond motifs is 3. The van der Waals surface area contributed by atoms with E-state index in [0.29, 0.717) is 18.2 Å². The molecule has 4 nitrogen and oxygen atoms in total. The van der Waals surface area contributed by atoms with Gasteiger partial charge in [0.2, 0.25) is 5.91 Å². The molecule has 0 spiro atoms. The second-order valence-electron chi connectivity index (χ2n) is 6.37. The third-order valence-electron chi connectivity index (χ3n) is 4.82. The lowest BCUT2D eigenvalue weighted by Crippen LogP contribution is -2.56. The smallest absolute Gasteiger partial charge is 0.242 e. The molecular formula is C19H18FN3OS. The number of halogens is 1. The van der Waals surface area contributed by atoms with Gasteiger partial charge in [0.25, 0.3) is 0 Å². The number of piperazine rings is 1. The minimum Gasteiger partial charge on any atom is -0.337 e. The molecule has 2 aromatic carbocycles. The average Bonchev–Trinajstić information content (AvgIpc) is 2.62. The Balaban J connectivity index is 1.58. The van der Waals surface area contributed by atoms with E-state index in [1.165, 1.54) is 6.07 Å². The summed E-state index contributed by atoms with van der Waals surface area (Å²) in [4.78, 5) is 16.3. The molecule has 2 aliphatic heterocycles. The van der Waals surface area contributed by atoms with Crippen LogP contribution in [0.4, 0.5) is 10.1 Å². The standard InChI is InChI=1S/C19H18FN3OS/c20-14-7-6-13-8-9-23-17(16(13)10-14)11-22(12-18(23)24)19(25)21-15-4-2-1-3-5-15/h1-7,10,17H,8-9,11-12H2,(H,21,25)/t17-/m1/s1. The van der Waals surface area contributed by atoms with E-state index in [9.17, 15) is 9.18 Å². The fourth-order valence-corrected chi connectivity index (χ4v) is 3.83. The molecule has 6 heteroatoms. The number of hydrogen-bond donors (Lipinski definition) is 1. The number of nitrogens with zero attached hydrogens (tertiary/aromatic N) is 2. The number of para-hydroxylation sites is 1. The molecule has 0 unspecified atom stereocenters. The van der Waals surface area contributed by atoms with Crippen molar-refractivity contribution in [1.29, 1.82) is 0 Å². The summed E-state index contributed by atoms with van der Waals surface area (Å²) in [6.45, 7) is 1.50. The van der Waals surface area contributed by atoms with Crippen LogP contribution in [0.3, 0.4) is 0 Å². The summed E-state index contributed by atoms with van der Waals surface area (Å²) in [5.41, 5.74) is 2.89. The molecule has 1 N–H and O–H groups in total. The van der Waals surface area contributed by atoms with Crippen LogP contribution < -0.4 is 5.32 Å². The van der Waals surface area contributed by atoms with E-state index in [2.05, 4.69) is 5.32 Å². The zero-order valence-electron chi connectivity index (χ0n) is 13.6. The van der Waals surface area contributed by atoms with Gasteiger partial charge >= 0.3 is 0 Å². The second kappa shape index (κ2) is 6.44. The predicted octanol–water partition coefficient (Wildman–Crippen LogP) is 2.96. The van der Waals surface area contributed by atoms with Crippen LogP contribution in [0, 0.1) is 5.82 Å². The molecule has 2 aliphatic rings. The van der Waals surface area contributed by atoms with E-state index < -0.39 is 0 Å². The molecule has 0 saturated carbocycles. The van der Waals surface area contributed by atoms with E-state index in [4.69, 9.17) is 12.2 Å². The highest BCUT2D eigenvalue weighted by atomic mass is 32.1. The maximum Gasteiger partial charge on any atom is 0.242 e.